The number of carbonyl (C=O) groups is 2. The van der Waals surface area contributed by atoms with Gasteiger partial charge in [-0.05, 0) is 58.4 Å². The van der Waals surface area contributed by atoms with E-state index >= 15 is 0 Å². The number of amides is 2. The number of nitrogens with one attached hydrogen (secondary N) is 2. The fourth-order valence-corrected chi connectivity index (χ4v) is 4.06. The van der Waals surface area contributed by atoms with E-state index in [9.17, 15) is 58.8 Å². The lowest BCUT2D eigenvalue weighted by Crippen LogP contribution is -2.50. The van der Waals surface area contributed by atoms with Gasteiger partial charge in [-0.3, -0.25) is 9.59 Å². The van der Waals surface area contributed by atoms with Crippen LogP contribution in [0, 0.1) is 11.3 Å². The molecule has 0 heterocycles. The molecule has 216 valence electrons. The minimum Gasteiger partial charge on any atom is -0.321 e. The first kappa shape index (κ1) is 31.4. The van der Waals surface area contributed by atoms with Gasteiger partial charge in [0.15, 0.2) is 0 Å². The van der Waals surface area contributed by atoms with E-state index in [0.29, 0.717) is 0 Å². The van der Waals surface area contributed by atoms with Crippen LogP contribution in [0.4, 0.5) is 55.3 Å². The van der Waals surface area contributed by atoms with E-state index in [2.05, 4.69) is 21.2 Å². The van der Waals surface area contributed by atoms with Crippen LogP contribution < -0.4 is 10.6 Å². The molecule has 0 fully saturated rings. The molecule has 3 rings (SSSR count). The van der Waals surface area contributed by atoms with Crippen LogP contribution in [-0.4, -0.2) is 24.2 Å². The molecule has 0 aliphatic heterocycles. The first-order chi connectivity index (χ1) is 18.8. The first-order valence-corrected chi connectivity index (χ1v) is 11.6. The lowest BCUT2D eigenvalue weighted by Gasteiger charge is -2.31. The zero-order valence-electron chi connectivity index (χ0n) is 19.7. The summed E-state index contributed by atoms with van der Waals surface area (Å²) < 4.78 is 134. The van der Waals surface area contributed by atoms with Crippen LogP contribution in [0.15, 0.2) is 65.1 Å². The van der Waals surface area contributed by atoms with Crippen molar-refractivity contribution in [3.8, 4) is 6.07 Å². The summed E-state index contributed by atoms with van der Waals surface area (Å²) in [5, 5.41) is 13.4. The minimum absolute atomic E-state index is 0.145. The summed E-state index contributed by atoms with van der Waals surface area (Å²) in [6.07, 6.45) is -19.1. The van der Waals surface area contributed by atoms with Crippen molar-refractivity contribution in [2.75, 3.05) is 10.6 Å². The highest BCUT2D eigenvalue weighted by atomic mass is 79.9. The molecule has 0 radical (unpaired) electrons. The summed E-state index contributed by atoms with van der Waals surface area (Å²) in [4.78, 5) is 25.3. The summed E-state index contributed by atoms with van der Waals surface area (Å²) >= 11 is 2.40. The monoisotopic (exact) mass is 655 g/mol. The topological polar surface area (TPSA) is 82.0 Å². The Bertz CT molecular complexity index is 1510. The fourth-order valence-electron chi connectivity index (χ4n) is 3.50. The first-order valence-electron chi connectivity index (χ1n) is 10.8. The number of nitriles is 1. The zero-order chi connectivity index (χ0) is 31.0. The van der Waals surface area contributed by atoms with Gasteiger partial charge in [-0.25, -0.2) is 4.39 Å². The number of rotatable bonds is 5. The van der Waals surface area contributed by atoms with Crippen molar-refractivity contribution < 1.29 is 53.5 Å². The fraction of sp³-hybridized carbons (Fsp3) is 0.160. The normalized spacial score (nSPS) is 12.4. The Morgan fingerprint density at radius 2 is 1.29 bits per heavy atom. The Morgan fingerprint density at radius 3 is 1.80 bits per heavy atom. The Labute approximate surface area is 231 Å². The van der Waals surface area contributed by atoms with Gasteiger partial charge in [0.05, 0.1) is 22.5 Å². The van der Waals surface area contributed by atoms with Crippen molar-refractivity contribution in [2.24, 2.45) is 0 Å². The molecule has 0 aromatic heterocycles. The maximum atomic E-state index is 14.5. The van der Waals surface area contributed by atoms with Crippen molar-refractivity contribution in [3.05, 3.63) is 93.0 Å². The summed E-state index contributed by atoms with van der Waals surface area (Å²) in [7, 11) is 0. The van der Waals surface area contributed by atoms with Gasteiger partial charge in [0.25, 0.3) is 11.8 Å². The van der Waals surface area contributed by atoms with Crippen molar-refractivity contribution in [1.29, 1.82) is 5.26 Å². The molecule has 0 aliphatic carbocycles. The molecule has 3 aromatic rings. The number of halogens is 11. The molecule has 41 heavy (non-hydrogen) atoms. The van der Waals surface area contributed by atoms with E-state index < -0.39 is 68.9 Å². The Morgan fingerprint density at radius 1 is 0.732 bits per heavy atom. The van der Waals surface area contributed by atoms with Gasteiger partial charge < -0.3 is 10.6 Å². The molecule has 0 saturated heterocycles. The van der Waals surface area contributed by atoms with Gasteiger partial charge in [-0.15, -0.1) is 0 Å². The van der Waals surface area contributed by atoms with Crippen LogP contribution >= 0.6 is 15.9 Å². The van der Waals surface area contributed by atoms with E-state index in [1.54, 1.807) is 17.5 Å². The average molecular weight is 656 g/mol. The lowest BCUT2D eigenvalue weighted by atomic mass is 9.92. The standard InChI is InChI=1S/C25H12BrF10N3O2/c26-17-10-15(22(27,24(31,32)33)25(34,35)36)9-16(23(28,29)30)19(17)39-21(41)13-6-7-14(11-37)18(8-13)38-20(40)12-4-2-1-3-5-12/h1-10H,(H,38,40)(H,39,41). The second-order valence-electron chi connectivity index (χ2n) is 8.18. The second-order valence-corrected chi connectivity index (χ2v) is 9.03. The molecule has 0 bridgehead atoms. The predicted octanol–water partition coefficient (Wildman–Crippen LogP) is 8.13. The second kappa shape index (κ2) is 11.0. The SMILES string of the molecule is N#Cc1ccc(C(=O)Nc2c(Br)cc(C(F)(C(F)(F)F)C(F)(F)F)cc2C(F)(F)F)cc1NC(=O)c1ccccc1. The molecule has 2 N–H and O–H groups in total. The molecule has 0 saturated carbocycles. The molecular weight excluding hydrogens is 644 g/mol. The van der Waals surface area contributed by atoms with Gasteiger partial charge in [0, 0.05) is 21.2 Å². The Hall–Kier alpha value is -4.13. The summed E-state index contributed by atoms with van der Waals surface area (Å²) in [6.45, 7) is 0. The van der Waals surface area contributed by atoms with Gasteiger partial charge in [-0.1, -0.05) is 18.2 Å². The predicted molar refractivity (Wildman–Crippen MR) is 128 cm³/mol. The summed E-state index contributed by atoms with van der Waals surface area (Å²) in [6, 6.07) is 11.2. The Kier molecular flexibility index (Phi) is 8.45. The third-order valence-corrected chi connectivity index (χ3v) is 6.12. The van der Waals surface area contributed by atoms with Crippen molar-refractivity contribution >= 4 is 39.1 Å². The lowest BCUT2D eigenvalue weighted by molar-refractivity contribution is -0.348. The van der Waals surface area contributed by atoms with Crippen LogP contribution in [0.3, 0.4) is 0 Å². The largest absolute Gasteiger partial charge is 0.435 e. The molecular formula is C25H12BrF10N3O2. The number of nitrogens with zero attached hydrogens (tertiary/aromatic N) is 1. The van der Waals surface area contributed by atoms with E-state index in [-0.39, 0.29) is 22.9 Å². The van der Waals surface area contributed by atoms with Gasteiger partial charge in [0.1, 0.15) is 6.07 Å². The third kappa shape index (κ3) is 6.29. The van der Waals surface area contributed by atoms with Crippen LogP contribution in [0.1, 0.15) is 37.4 Å². The number of carbonyl (C=O) groups excluding carboxylic acids is 2. The molecule has 5 nitrogen and oxygen atoms in total. The third-order valence-electron chi connectivity index (χ3n) is 5.50. The number of benzene rings is 3. The molecule has 0 atom stereocenters. The van der Waals surface area contributed by atoms with Crippen LogP contribution in [-0.2, 0) is 11.8 Å². The maximum Gasteiger partial charge on any atom is 0.435 e. The van der Waals surface area contributed by atoms with E-state index in [4.69, 9.17) is 0 Å². The van der Waals surface area contributed by atoms with Gasteiger partial charge in [-0.2, -0.15) is 44.8 Å². The zero-order valence-corrected chi connectivity index (χ0v) is 21.3. The Balaban J connectivity index is 2.06. The number of alkyl halides is 10. The van der Waals surface area contributed by atoms with Crippen LogP contribution in [0.25, 0.3) is 0 Å². The van der Waals surface area contributed by atoms with E-state index in [0.717, 1.165) is 18.2 Å². The highest BCUT2D eigenvalue weighted by Crippen LogP contribution is 2.55. The number of hydrogen-bond acceptors (Lipinski definition) is 3. The van der Waals surface area contributed by atoms with Gasteiger partial charge in [0.2, 0.25) is 0 Å². The number of anilines is 2. The quantitative estimate of drug-likeness (QED) is 0.272. The van der Waals surface area contributed by atoms with Crippen molar-refractivity contribution in [1.82, 2.24) is 0 Å². The molecule has 0 unspecified atom stereocenters. The highest BCUT2D eigenvalue weighted by molar-refractivity contribution is 9.10. The summed E-state index contributed by atoms with van der Waals surface area (Å²) in [5.74, 6) is -2.09. The number of hydrogen-bond donors (Lipinski definition) is 2. The molecule has 2 amide bonds. The molecule has 3 aromatic carbocycles. The van der Waals surface area contributed by atoms with Crippen molar-refractivity contribution in [2.45, 2.75) is 24.2 Å². The molecule has 0 spiro atoms. The molecule has 16 heteroatoms. The molecule has 0 aliphatic rings. The van der Waals surface area contributed by atoms with Crippen LogP contribution in [0.2, 0.25) is 0 Å². The van der Waals surface area contributed by atoms with Crippen LogP contribution in [0.5, 0.6) is 0 Å². The summed E-state index contributed by atoms with van der Waals surface area (Å²) in [5.41, 5.74) is -12.9. The van der Waals surface area contributed by atoms with E-state index in [1.165, 1.54) is 24.3 Å². The van der Waals surface area contributed by atoms with Gasteiger partial charge >= 0.3 is 24.2 Å². The van der Waals surface area contributed by atoms with E-state index in [1.807, 2.05) is 0 Å². The smallest absolute Gasteiger partial charge is 0.321 e. The van der Waals surface area contributed by atoms with Crippen molar-refractivity contribution in [3.63, 3.8) is 0 Å². The highest BCUT2D eigenvalue weighted by Gasteiger charge is 2.73. The maximum absolute atomic E-state index is 14.5. The minimum atomic E-state index is -6.69. The average Bonchev–Trinajstić information content (AvgIpc) is 2.87.